The third-order valence-electron chi connectivity index (χ3n) is 2.86. The zero-order chi connectivity index (χ0) is 12.2. The van der Waals surface area contributed by atoms with E-state index in [1.807, 2.05) is 37.3 Å². The summed E-state index contributed by atoms with van der Waals surface area (Å²) in [6.45, 7) is 6.10. The molecule has 2 N–H and O–H groups in total. The van der Waals surface area contributed by atoms with Crippen LogP contribution in [0.5, 0.6) is 0 Å². The summed E-state index contributed by atoms with van der Waals surface area (Å²) in [6, 6.07) is 7.76. The predicted molar refractivity (Wildman–Crippen MR) is 69.0 cm³/mol. The van der Waals surface area contributed by atoms with E-state index in [9.17, 15) is 4.79 Å². The van der Waals surface area contributed by atoms with E-state index in [2.05, 4.69) is 13.8 Å². The smallest absolute Gasteiger partial charge is 0.120 e. The van der Waals surface area contributed by atoms with E-state index in [-0.39, 0.29) is 5.41 Å². The summed E-state index contributed by atoms with van der Waals surface area (Å²) in [7, 11) is 0. The number of nitrogen functional groups attached to an aromatic ring is 1. The maximum Gasteiger partial charge on any atom is 0.120 e. The third kappa shape index (κ3) is 2.51. The van der Waals surface area contributed by atoms with Crippen molar-refractivity contribution < 1.29 is 4.79 Å². The monoisotopic (exact) mass is 217 g/mol. The topological polar surface area (TPSA) is 43.1 Å². The van der Waals surface area contributed by atoms with Crippen LogP contribution in [0.3, 0.4) is 0 Å². The first-order valence-electron chi connectivity index (χ1n) is 5.48. The molecule has 16 heavy (non-hydrogen) atoms. The molecule has 0 radical (unpaired) electrons. The normalized spacial score (nSPS) is 12.6. The molecular weight excluding hydrogens is 198 g/mol. The van der Waals surface area contributed by atoms with Gasteiger partial charge in [-0.3, -0.25) is 0 Å². The van der Waals surface area contributed by atoms with Gasteiger partial charge in [0.05, 0.1) is 0 Å². The van der Waals surface area contributed by atoms with Crippen LogP contribution >= 0.6 is 0 Å². The highest BCUT2D eigenvalue weighted by Crippen LogP contribution is 2.38. The quantitative estimate of drug-likeness (QED) is 0.621. The molecule has 0 spiro atoms. The molecule has 2 nitrogen and oxygen atoms in total. The lowest BCUT2D eigenvalue weighted by atomic mass is 9.77. The molecule has 1 rings (SSSR count). The van der Waals surface area contributed by atoms with Gasteiger partial charge in [0.1, 0.15) is 6.29 Å². The second-order valence-corrected chi connectivity index (χ2v) is 4.54. The first kappa shape index (κ1) is 12.5. The van der Waals surface area contributed by atoms with Gasteiger partial charge in [0.15, 0.2) is 0 Å². The maximum absolute atomic E-state index is 10.7. The van der Waals surface area contributed by atoms with E-state index in [4.69, 9.17) is 5.73 Å². The minimum atomic E-state index is -0.175. The lowest BCUT2D eigenvalue weighted by molar-refractivity contribution is -0.108. The van der Waals surface area contributed by atoms with Gasteiger partial charge in [0.2, 0.25) is 0 Å². The Bertz CT molecular complexity index is 405. The van der Waals surface area contributed by atoms with Crippen molar-refractivity contribution in [3.05, 3.63) is 35.9 Å². The number of carbonyl (C=O) groups excluding carboxylic acids is 1. The van der Waals surface area contributed by atoms with Gasteiger partial charge in [0, 0.05) is 17.7 Å². The average molecular weight is 217 g/mol. The molecule has 2 heteroatoms. The lowest BCUT2D eigenvalue weighted by Gasteiger charge is -2.27. The molecule has 1 aromatic carbocycles. The van der Waals surface area contributed by atoms with E-state index in [1.54, 1.807) is 0 Å². The Morgan fingerprint density at radius 2 is 2.00 bits per heavy atom. The van der Waals surface area contributed by atoms with Crippen molar-refractivity contribution in [2.45, 2.75) is 27.2 Å². The molecule has 0 aromatic heterocycles. The van der Waals surface area contributed by atoms with Crippen LogP contribution in [0, 0.1) is 5.41 Å². The molecule has 0 bridgehead atoms. The highest BCUT2D eigenvalue weighted by molar-refractivity contribution is 5.79. The molecule has 86 valence electrons. The zero-order valence-electron chi connectivity index (χ0n) is 10.2. The van der Waals surface area contributed by atoms with Crippen LogP contribution in [0.2, 0.25) is 0 Å². The number of nitrogens with two attached hydrogens (primary N) is 1. The van der Waals surface area contributed by atoms with Crippen LogP contribution in [0.1, 0.15) is 32.8 Å². The molecule has 0 aliphatic carbocycles. The van der Waals surface area contributed by atoms with Gasteiger partial charge in [-0.2, -0.15) is 0 Å². The molecular formula is C14H19NO. The first-order chi connectivity index (χ1) is 7.53. The predicted octanol–water partition coefficient (Wildman–Crippen LogP) is 3.29. The van der Waals surface area contributed by atoms with E-state index in [0.717, 1.165) is 23.1 Å². The summed E-state index contributed by atoms with van der Waals surface area (Å²) in [5, 5.41) is 0. The van der Waals surface area contributed by atoms with Crippen molar-refractivity contribution in [2.75, 3.05) is 5.73 Å². The molecule has 0 unspecified atom stereocenters. The summed E-state index contributed by atoms with van der Waals surface area (Å²) in [5.41, 5.74) is 8.69. The molecule has 0 saturated heterocycles. The lowest BCUT2D eigenvalue weighted by Crippen LogP contribution is -2.15. The van der Waals surface area contributed by atoms with Crippen molar-refractivity contribution in [1.82, 2.24) is 0 Å². The highest BCUT2D eigenvalue weighted by Gasteiger charge is 2.24. The fraction of sp³-hybridized carbons (Fsp3) is 0.357. The zero-order valence-corrected chi connectivity index (χ0v) is 10.2. The molecule has 1 aromatic rings. The Labute approximate surface area is 97.2 Å². The van der Waals surface area contributed by atoms with Gasteiger partial charge < -0.3 is 10.5 Å². The number of hydrogen-bond donors (Lipinski definition) is 1. The molecule has 0 amide bonds. The number of carbonyl (C=O) groups is 1. The molecule has 0 aliphatic heterocycles. The minimum Gasteiger partial charge on any atom is -0.398 e. The number of anilines is 1. The van der Waals surface area contributed by atoms with Crippen molar-refractivity contribution in [3.63, 3.8) is 0 Å². The van der Waals surface area contributed by atoms with E-state index >= 15 is 0 Å². The fourth-order valence-electron chi connectivity index (χ4n) is 1.97. The SMILES string of the molecule is CC=C(c1ccccc1N)C(C)(C)CC=O. The van der Waals surface area contributed by atoms with Crippen molar-refractivity contribution >= 4 is 17.5 Å². The van der Waals surface area contributed by atoms with Crippen LogP contribution in [0.25, 0.3) is 5.57 Å². The number of allylic oxidation sites excluding steroid dienone is 2. The summed E-state index contributed by atoms with van der Waals surface area (Å²) in [5.74, 6) is 0. The summed E-state index contributed by atoms with van der Waals surface area (Å²) < 4.78 is 0. The number of para-hydroxylation sites is 1. The second kappa shape index (κ2) is 4.97. The van der Waals surface area contributed by atoms with Crippen LogP contribution in [0.15, 0.2) is 30.3 Å². The van der Waals surface area contributed by atoms with Crippen LogP contribution in [-0.2, 0) is 4.79 Å². The number of benzene rings is 1. The molecule has 0 saturated carbocycles. The molecule has 0 heterocycles. The number of hydrogen-bond acceptors (Lipinski definition) is 2. The van der Waals surface area contributed by atoms with Gasteiger partial charge in [-0.05, 0) is 24.0 Å². The van der Waals surface area contributed by atoms with Crippen molar-refractivity contribution in [1.29, 1.82) is 0 Å². The van der Waals surface area contributed by atoms with Gasteiger partial charge in [-0.15, -0.1) is 0 Å². The molecule has 0 fully saturated rings. The van der Waals surface area contributed by atoms with Gasteiger partial charge in [0.25, 0.3) is 0 Å². The van der Waals surface area contributed by atoms with Gasteiger partial charge in [-0.1, -0.05) is 38.1 Å². The first-order valence-corrected chi connectivity index (χ1v) is 5.48. The van der Waals surface area contributed by atoms with Crippen LogP contribution in [0.4, 0.5) is 5.69 Å². The Morgan fingerprint density at radius 1 is 1.38 bits per heavy atom. The fourth-order valence-corrected chi connectivity index (χ4v) is 1.97. The summed E-state index contributed by atoms with van der Waals surface area (Å²) >= 11 is 0. The summed E-state index contributed by atoms with van der Waals surface area (Å²) in [4.78, 5) is 10.7. The Balaban J connectivity index is 3.19. The summed E-state index contributed by atoms with van der Waals surface area (Å²) in [6.07, 6.45) is 3.50. The molecule has 0 atom stereocenters. The third-order valence-corrected chi connectivity index (χ3v) is 2.86. The minimum absolute atomic E-state index is 0.175. The van der Waals surface area contributed by atoms with Crippen LogP contribution < -0.4 is 5.73 Å². The Morgan fingerprint density at radius 3 is 2.50 bits per heavy atom. The molecule has 0 aliphatic rings. The highest BCUT2D eigenvalue weighted by atomic mass is 16.1. The van der Waals surface area contributed by atoms with Gasteiger partial charge >= 0.3 is 0 Å². The van der Waals surface area contributed by atoms with Crippen LogP contribution in [-0.4, -0.2) is 6.29 Å². The van der Waals surface area contributed by atoms with E-state index < -0.39 is 0 Å². The Hall–Kier alpha value is -1.57. The Kier molecular flexibility index (Phi) is 3.88. The van der Waals surface area contributed by atoms with E-state index in [0.29, 0.717) is 6.42 Å². The number of aldehydes is 1. The largest absolute Gasteiger partial charge is 0.398 e. The average Bonchev–Trinajstić information content (AvgIpc) is 2.21. The van der Waals surface area contributed by atoms with E-state index in [1.165, 1.54) is 0 Å². The standard InChI is InChI=1S/C14H19NO/c1-4-12(14(2,3)9-10-16)11-7-5-6-8-13(11)15/h4-8,10H,9,15H2,1-3H3. The van der Waals surface area contributed by atoms with Crippen molar-refractivity contribution in [2.24, 2.45) is 5.41 Å². The van der Waals surface area contributed by atoms with Gasteiger partial charge in [-0.25, -0.2) is 0 Å². The van der Waals surface area contributed by atoms with Crippen molar-refractivity contribution in [3.8, 4) is 0 Å². The number of rotatable bonds is 4. The maximum atomic E-state index is 10.7. The second-order valence-electron chi connectivity index (χ2n) is 4.54.